The van der Waals surface area contributed by atoms with E-state index in [-0.39, 0.29) is 11.8 Å². The van der Waals surface area contributed by atoms with Crippen LogP contribution in [0.1, 0.15) is 26.3 Å². The van der Waals surface area contributed by atoms with Crippen molar-refractivity contribution in [3.63, 3.8) is 0 Å². The standard InChI is InChI=1S/C10H10N2O2/c1-11-9(13)6-2-3-7-5-12-10(14)8(7)4-6/h2-4H,5H2,1H3,(H,11,13)(H,12,14). The normalized spacial score (nSPS) is 13.4. The molecule has 1 aliphatic rings. The van der Waals surface area contributed by atoms with E-state index in [0.717, 1.165) is 5.56 Å². The first-order chi connectivity index (χ1) is 6.72. The van der Waals surface area contributed by atoms with Crippen LogP contribution in [0, 0.1) is 0 Å². The van der Waals surface area contributed by atoms with Crippen LogP contribution in [0.15, 0.2) is 18.2 Å². The fourth-order valence-corrected chi connectivity index (χ4v) is 1.50. The summed E-state index contributed by atoms with van der Waals surface area (Å²) in [6, 6.07) is 5.15. The third-order valence-electron chi connectivity index (χ3n) is 2.28. The summed E-state index contributed by atoms with van der Waals surface area (Å²) in [5.41, 5.74) is 2.07. The van der Waals surface area contributed by atoms with Crippen molar-refractivity contribution in [2.75, 3.05) is 7.05 Å². The molecule has 0 radical (unpaired) electrons. The summed E-state index contributed by atoms with van der Waals surface area (Å²) >= 11 is 0. The van der Waals surface area contributed by atoms with E-state index in [2.05, 4.69) is 10.6 Å². The molecule has 0 saturated heterocycles. The number of hydrogen-bond acceptors (Lipinski definition) is 2. The van der Waals surface area contributed by atoms with Gasteiger partial charge in [-0.1, -0.05) is 6.07 Å². The van der Waals surface area contributed by atoms with Crippen LogP contribution < -0.4 is 10.6 Å². The maximum Gasteiger partial charge on any atom is 0.251 e. The molecule has 1 aromatic rings. The molecule has 0 fully saturated rings. The Morgan fingerprint density at radius 3 is 3.00 bits per heavy atom. The maximum absolute atomic E-state index is 11.3. The van der Waals surface area contributed by atoms with Crippen molar-refractivity contribution in [3.05, 3.63) is 34.9 Å². The second-order valence-corrected chi connectivity index (χ2v) is 3.13. The zero-order valence-electron chi connectivity index (χ0n) is 7.76. The van der Waals surface area contributed by atoms with Gasteiger partial charge in [-0.15, -0.1) is 0 Å². The molecule has 4 nitrogen and oxygen atoms in total. The summed E-state index contributed by atoms with van der Waals surface area (Å²) in [5.74, 6) is -0.279. The van der Waals surface area contributed by atoms with Gasteiger partial charge < -0.3 is 10.6 Å². The highest BCUT2D eigenvalue weighted by molar-refractivity contribution is 6.02. The minimum absolute atomic E-state index is 0.106. The monoisotopic (exact) mass is 190 g/mol. The predicted octanol–water partition coefficient (Wildman–Crippen LogP) is 0.290. The van der Waals surface area contributed by atoms with Gasteiger partial charge in [-0.05, 0) is 17.7 Å². The Bertz CT molecular complexity index is 413. The summed E-state index contributed by atoms with van der Waals surface area (Å²) in [4.78, 5) is 22.6. The smallest absolute Gasteiger partial charge is 0.251 e. The molecule has 2 amide bonds. The van der Waals surface area contributed by atoms with Gasteiger partial charge in [0.2, 0.25) is 0 Å². The topological polar surface area (TPSA) is 58.2 Å². The predicted molar refractivity (Wildman–Crippen MR) is 51.0 cm³/mol. The molecule has 1 aliphatic heterocycles. The largest absolute Gasteiger partial charge is 0.355 e. The molecular formula is C10H10N2O2. The van der Waals surface area contributed by atoms with Gasteiger partial charge in [0.1, 0.15) is 0 Å². The number of benzene rings is 1. The molecule has 1 heterocycles. The molecule has 0 aliphatic carbocycles. The minimum Gasteiger partial charge on any atom is -0.355 e. The van der Waals surface area contributed by atoms with Crippen LogP contribution in [0.2, 0.25) is 0 Å². The van der Waals surface area contributed by atoms with E-state index in [9.17, 15) is 9.59 Å². The molecule has 1 aromatic carbocycles. The first kappa shape index (κ1) is 8.74. The number of amides is 2. The molecule has 0 bridgehead atoms. The van der Waals surface area contributed by atoms with Crippen molar-refractivity contribution in [1.82, 2.24) is 10.6 Å². The van der Waals surface area contributed by atoms with Crippen LogP contribution in [-0.4, -0.2) is 18.9 Å². The molecule has 2 rings (SSSR count). The first-order valence-corrected chi connectivity index (χ1v) is 4.35. The van der Waals surface area contributed by atoms with Crippen LogP contribution >= 0.6 is 0 Å². The van der Waals surface area contributed by atoms with Crippen molar-refractivity contribution < 1.29 is 9.59 Å². The van der Waals surface area contributed by atoms with Crippen molar-refractivity contribution >= 4 is 11.8 Å². The van der Waals surface area contributed by atoms with Crippen molar-refractivity contribution in [1.29, 1.82) is 0 Å². The van der Waals surface area contributed by atoms with Gasteiger partial charge in [-0.25, -0.2) is 0 Å². The fourth-order valence-electron chi connectivity index (χ4n) is 1.50. The highest BCUT2D eigenvalue weighted by atomic mass is 16.2. The van der Waals surface area contributed by atoms with E-state index >= 15 is 0 Å². The zero-order valence-corrected chi connectivity index (χ0v) is 7.76. The fraction of sp³-hybridized carbons (Fsp3) is 0.200. The molecule has 72 valence electrons. The zero-order chi connectivity index (χ0) is 10.1. The van der Waals surface area contributed by atoms with E-state index < -0.39 is 0 Å². The average molecular weight is 190 g/mol. The second-order valence-electron chi connectivity index (χ2n) is 3.13. The third kappa shape index (κ3) is 1.25. The van der Waals surface area contributed by atoms with Gasteiger partial charge in [-0.3, -0.25) is 9.59 Å². The number of carbonyl (C=O) groups is 2. The molecule has 0 unspecified atom stereocenters. The Kier molecular flexibility index (Phi) is 1.96. The number of hydrogen-bond donors (Lipinski definition) is 2. The number of rotatable bonds is 1. The van der Waals surface area contributed by atoms with Crippen LogP contribution in [0.4, 0.5) is 0 Å². The molecule has 2 N–H and O–H groups in total. The van der Waals surface area contributed by atoms with Crippen LogP contribution in [-0.2, 0) is 6.54 Å². The summed E-state index contributed by atoms with van der Waals surface area (Å²) in [6.07, 6.45) is 0. The van der Waals surface area contributed by atoms with E-state index in [1.807, 2.05) is 0 Å². The number of carbonyl (C=O) groups excluding carboxylic acids is 2. The lowest BCUT2D eigenvalue weighted by Crippen LogP contribution is -2.18. The van der Waals surface area contributed by atoms with Gasteiger partial charge in [0.15, 0.2) is 0 Å². The van der Waals surface area contributed by atoms with Crippen LogP contribution in [0.5, 0.6) is 0 Å². The molecule has 0 aromatic heterocycles. The summed E-state index contributed by atoms with van der Waals surface area (Å²) in [7, 11) is 1.57. The van der Waals surface area contributed by atoms with Crippen LogP contribution in [0.3, 0.4) is 0 Å². The first-order valence-electron chi connectivity index (χ1n) is 4.35. The van der Waals surface area contributed by atoms with E-state index in [4.69, 9.17) is 0 Å². The van der Waals surface area contributed by atoms with Gasteiger partial charge in [0.25, 0.3) is 11.8 Å². The summed E-state index contributed by atoms with van der Waals surface area (Å²) in [5, 5.41) is 5.22. The molecular weight excluding hydrogens is 180 g/mol. The van der Waals surface area contributed by atoms with E-state index in [0.29, 0.717) is 17.7 Å². The lowest BCUT2D eigenvalue weighted by molar-refractivity contribution is 0.0962. The van der Waals surface area contributed by atoms with Gasteiger partial charge in [-0.2, -0.15) is 0 Å². The Morgan fingerprint density at radius 2 is 2.29 bits per heavy atom. The average Bonchev–Trinajstić information content (AvgIpc) is 2.59. The highest BCUT2D eigenvalue weighted by Gasteiger charge is 2.19. The van der Waals surface area contributed by atoms with Gasteiger partial charge in [0, 0.05) is 24.7 Å². The number of nitrogens with one attached hydrogen (secondary N) is 2. The van der Waals surface area contributed by atoms with E-state index in [1.165, 1.54) is 0 Å². The minimum atomic E-state index is -0.174. The Morgan fingerprint density at radius 1 is 1.50 bits per heavy atom. The van der Waals surface area contributed by atoms with Crippen molar-refractivity contribution in [2.45, 2.75) is 6.54 Å². The summed E-state index contributed by atoms with van der Waals surface area (Å²) in [6.45, 7) is 0.558. The van der Waals surface area contributed by atoms with Gasteiger partial charge >= 0.3 is 0 Å². The summed E-state index contributed by atoms with van der Waals surface area (Å²) < 4.78 is 0. The van der Waals surface area contributed by atoms with Crippen molar-refractivity contribution in [3.8, 4) is 0 Å². The lowest BCUT2D eigenvalue weighted by Gasteiger charge is -2.01. The lowest BCUT2D eigenvalue weighted by atomic mass is 10.1. The third-order valence-corrected chi connectivity index (χ3v) is 2.28. The number of fused-ring (bicyclic) bond motifs is 1. The SMILES string of the molecule is CNC(=O)c1ccc2c(c1)C(=O)NC2. The molecule has 14 heavy (non-hydrogen) atoms. The second kappa shape index (κ2) is 3.14. The van der Waals surface area contributed by atoms with E-state index in [1.54, 1.807) is 25.2 Å². The highest BCUT2D eigenvalue weighted by Crippen LogP contribution is 2.16. The van der Waals surface area contributed by atoms with Gasteiger partial charge in [0.05, 0.1) is 0 Å². The molecule has 4 heteroatoms. The van der Waals surface area contributed by atoms with Crippen LogP contribution in [0.25, 0.3) is 0 Å². The Hall–Kier alpha value is -1.84. The van der Waals surface area contributed by atoms with Crippen molar-refractivity contribution in [2.24, 2.45) is 0 Å². The maximum atomic E-state index is 11.3. The molecule has 0 spiro atoms. The Labute approximate surface area is 81.3 Å². The quantitative estimate of drug-likeness (QED) is 0.668. The Balaban J connectivity index is 2.44. The molecule has 0 saturated carbocycles. The molecule has 0 atom stereocenters.